The SMILES string of the molecule is O=C(O)C(F)(F)F.[O-][N+]1(CC2CC2)CC[C@]23c4c5ccc(O)c4O[C@H]2[C@@H](O)CCC3(OCCCc2ccccc2)[C@H]1C5. The topological polar surface area (TPSA) is 119 Å². The smallest absolute Gasteiger partial charge is 0.490 e. The highest BCUT2D eigenvalue weighted by Crippen LogP contribution is 2.67. The lowest BCUT2D eigenvalue weighted by Crippen LogP contribution is -2.81. The Balaban J connectivity index is 0.000000405. The zero-order chi connectivity index (χ0) is 29.9. The number of quaternary nitrogens is 1. The second kappa shape index (κ2) is 10.4. The van der Waals surface area contributed by atoms with Crippen LogP contribution in [-0.4, -0.2) is 75.7 Å². The van der Waals surface area contributed by atoms with Gasteiger partial charge in [-0.15, -0.1) is 0 Å². The fourth-order valence-corrected chi connectivity index (χ4v) is 8.17. The van der Waals surface area contributed by atoms with Crippen molar-refractivity contribution in [2.75, 3.05) is 19.7 Å². The minimum Gasteiger partial charge on any atom is -0.632 e. The molecule has 3 aliphatic carbocycles. The molecule has 11 heteroatoms. The molecule has 7 rings (SSSR count). The molecule has 8 nitrogen and oxygen atoms in total. The third-order valence-corrected chi connectivity index (χ3v) is 10.0. The Hall–Kier alpha value is -2.86. The molecule has 1 spiro atoms. The average Bonchev–Trinajstić information content (AvgIpc) is 3.68. The number of aliphatic hydroxyl groups is 1. The molecule has 2 heterocycles. The minimum absolute atomic E-state index is 0.127. The average molecular weight is 592 g/mol. The molecule has 3 fully saturated rings. The second-order valence-corrected chi connectivity index (χ2v) is 12.5. The van der Waals surface area contributed by atoms with Gasteiger partial charge in [0.05, 0.1) is 24.6 Å². The molecule has 0 aromatic heterocycles. The number of likely N-dealkylation sites (tertiary alicyclic amines) is 1. The van der Waals surface area contributed by atoms with Crippen molar-refractivity contribution in [3.8, 4) is 11.5 Å². The molecule has 2 aromatic rings. The van der Waals surface area contributed by atoms with Gasteiger partial charge in [0.15, 0.2) is 11.5 Å². The summed E-state index contributed by atoms with van der Waals surface area (Å²) in [6, 6.07) is 13.9. The Kier molecular flexibility index (Phi) is 7.23. The fourth-order valence-electron chi connectivity index (χ4n) is 8.17. The number of aromatic hydroxyl groups is 1. The summed E-state index contributed by atoms with van der Waals surface area (Å²) in [5.41, 5.74) is 2.13. The monoisotopic (exact) mass is 591 g/mol. The standard InChI is InChI=1S/C29H35NO5.C2HF3O2/c31-22-11-10-21-17-24-29(34-16-4-7-19-5-2-1-3-6-19)13-12-23(32)27-28(29,25(21)26(22)35-27)14-15-30(24,33)18-20-8-9-20;3-2(4,5)1(6)7/h1-3,5-6,10-11,20,23-24,27,31-32H,4,7-9,12-18H2;(H,6,7)/t23-,24+,27-,28-,29?,30?;/m0./s1. The number of aliphatic carboxylic acids is 1. The summed E-state index contributed by atoms with van der Waals surface area (Å²) < 4.78 is 45.0. The molecular weight excluding hydrogens is 555 g/mol. The van der Waals surface area contributed by atoms with E-state index in [4.69, 9.17) is 19.4 Å². The number of hydrogen-bond donors (Lipinski definition) is 3. The van der Waals surface area contributed by atoms with Crippen molar-refractivity contribution in [2.24, 2.45) is 5.92 Å². The zero-order valence-corrected chi connectivity index (χ0v) is 23.2. The van der Waals surface area contributed by atoms with Gasteiger partial charge in [-0.2, -0.15) is 13.2 Å². The molecular formula is C31H36F3NO7. The Morgan fingerprint density at radius 1 is 1.12 bits per heavy atom. The van der Waals surface area contributed by atoms with Crippen LogP contribution in [0.25, 0.3) is 0 Å². The zero-order valence-electron chi connectivity index (χ0n) is 23.2. The first kappa shape index (κ1) is 29.2. The van der Waals surface area contributed by atoms with Gasteiger partial charge in [-0.05, 0) is 55.7 Å². The third-order valence-electron chi connectivity index (χ3n) is 10.0. The number of carboxylic acid groups (broad SMARTS) is 1. The van der Waals surface area contributed by atoms with E-state index in [0.29, 0.717) is 57.0 Å². The molecule has 6 atom stereocenters. The lowest BCUT2D eigenvalue weighted by molar-refractivity contribution is -0.924. The molecule has 42 heavy (non-hydrogen) atoms. The summed E-state index contributed by atoms with van der Waals surface area (Å²) in [7, 11) is 0. The van der Waals surface area contributed by atoms with Crippen LogP contribution in [-0.2, 0) is 27.8 Å². The van der Waals surface area contributed by atoms with Crippen molar-refractivity contribution >= 4 is 5.97 Å². The van der Waals surface area contributed by atoms with Crippen LogP contribution in [0.2, 0.25) is 0 Å². The van der Waals surface area contributed by atoms with Crippen LogP contribution >= 0.6 is 0 Å². The van der Waals surface area contributed by atoms with Gasteiger partial charge in [0.2, 0.25) is 0 Å². The number of phenols is 1. The summed E-state index contributed by atoms with van der Waals surface area (Å²) in [4.78, 5) is 8.90. The maximum atomic E-state index is 14.6. The molecule has 2 unspecified atom stereocenters. The van der Waals surface area contributed by atoms with Crippen LogP contribution < -0.4 is 4.74 Å². The van der Waals surface area contributed by atoms with Crippen LogP contribution in [0.5, 0.6) is 11.5 Å². The van der Waals surface area contributed by atoms with E-state index in [9.17, 15) is 28.6 Å². The maximum Gasteiger partial charge on any atom is 0.490 e. The highest BCUT2D eigenvalue weighted by molar-refractivity contribution is 5.73. The minimum atomic E-state index is -5.08. The van der Waals surface area contributed by atoms with E-state index in [1.807, 2.05) is 12.1 Å². The van der Waals surface area contributed by atoms with Gasteiger partial charge >= 0.3 is 12.1 Å². The van der Waals surface area contributed by atoms with Crippen molar-refractivity contribution in [1.29, 1.82) is 0 Å². The molecule has 1 saturated heterocycles. The summed E-state index contributed by atoms with van der Waals surface area (Å²) in [5, 5.41) is 43.6. The largest absolute Gasteiger partial charge is 0.632 e. The number of carboxylic acids is 1. The van der Waals surface area contributed by atoms with Crippen LogP contribution in [0.3, 0.4) is 0 Å². The highest BCUT2D eigenvalue weighted by atomic mass is 19.4. The first-order chi connectivity index (χ1) is 19.9. The van der Waals surface area contributed by atoms with Gasteiger partial charge in [0.25, 0.3) is 0 Å². The number of aryl methyl sites for hydroxylation is 1. The molecule has 2 saturated carbocycles. The van der Waals surface area contributed by atoms with Gasteiger partial charge in [-0.1, -0.05) is 36.4 Å². The number of rotatable bonds is 7. The molecule has 3 N–H and O–H groups in total. The molecule has 0 amide bonds. The second-order valence-electron chi connectivity index (χ2n) is 12.5. The van der Waals surface area contributed by atoms with E-state index in [1.54, 1.807) is 6.07 Å². The number of halogens is 3. The van der Waals surface area contributed by atoms with E-state index >= 15 is 0 Å². The van der Waals surface area contributed by atoms with Crippen molar-refractivity contribution in [1.82, 2.24) is 0 Å². The molecule has 2 bridgehead atoms. The van der Waals surface area contributed by atoms with E-state index in [1.165, 1.54) is 5.56 Å². The molecule has 2 aliphatic heterocycles. The van der Waals surface area contributed by atoms with Crippen LogP contribution in [0, 0.1) is 11.1 Å². The predicted molar refractivity (Wildman–Crippen MR) is 145 cm³/mol. The summed E-state index contributed by atoms with van der Waals surface area (Å²) in [6.07, 6.45) is 0.404. The fraction of sp³-hybridized carbons (Fsp3) is 0.581. The Labute approximate surface area is 241 Å². The van der Waals surface area contributed by atoms with E-state index in [0.717, 1.165) is 36.8 Å². The number of hydroxylamine groups is 3. The number of piperidine rings is 1. The van der Waals surface area contributed by atoms with Crippen LogP contribution in [0.1, 0.15) is 55.2 Å². The van der Waals surface area contributed by atoms with E-state index in [-0.39, 0.29) is 16.4 Å². The predicted octanol–water partition coefficient (Wildman–Crippen LogP) is 4.62. The molecule has 228 valence electrons. The van der Waals surface area contributed by atoms with Gasteiger partial charge in [0, 0.05) is 30.9 Å². The van der Waals surface area contributed by atoms with Crippen LogP contribution in [0.15, 0.2) is 42.5 Å². The third kappa shape index (κ3) is 4.65. The molecule has 5 aliphatic rings. The van der Waals surface area contributed by atoms with Crippen molar-refractivity contribution in [3.63, 3.8) is 0 Å². The number of ether oxygens (including phenoxy) is 2. The summed E-state index contributed by atoms with van der Waals surface area (Å²) in [6.45, 7) is 1.77. The number of aliphatic hydroxyl groups excluding tert-OH is 1. The quantitative estimate of drug-likeness (QED) is 0.244. The van der Waals surface area contributed by atoms with Gasteiger partial charge < -0.3 is 34.6 Å². The maximum absolute atomic E-state index is 14.6. The highest BCUT2D eigenvalue weighted by Gasteiger charge is 2.77. The first-order valence-corrected chi connectivity index (χ1v) is 14.7. The van der Waals surface area contributed by atoms with Crippen LogP contribution in [0.4, 0.5) is 13.2 Å². The van der Waals surface area contributed by atoms with Crippen molar-refractivity contribution < 1.29 is 47.4 Å². The van der Waals surface area contributed by atoms with Gasteiger partial charge in [-0.3, -0.25) is 0 Å². The summed E-state index contributed by atoms with van der Waals surface area (Å²) >= 11 is 0. The lowest BCUT2D eigenvalue weighted by atomic mass is 9.48. The lowest BCUT2D eigenvalue weighted by Gasteiger charge is -2.69. The normalized spacial score (nSPS) is 34.1. The van der Waals surface area contributed by atoms with Crippen molar-refractivity contribution in [3.05, 3.63) is 64.4 Å². The molecule has 2 aromatic carbocycles. The number of phenolic OH excluding ortho intramolecular Hbond substituents is 1. The van der Waals surface area contributed by atoms with Crippen molar-refractivity contribution in [2.45, 2.75) is 86.8 Å². The summed E-state index contributed by atoms with van der Waals surface area (Å²) in [5.74, 6) is -1.59. The van der Waals surface area contributed by atoms with Gasteiger partial charge in [-0.25, -0.2) is 4.79 Å². The number of hydrogen-bond acceptors (Lipinski definition) is 6. The number of alkyl halides is 3. The van der Waals surface area contributed by atoms with Gasteiger partial charge in [0.1, 0.15) is 17.7 Å². The number of benzene rings is 2. The first-order valence-electron chi connectivity index (χ1n) is 14.7. The number of nitrogens with zero attached hydrogens (tertiary/aromatic N) is 1. The Morgan fingerprint density at radius 2 is 1.83 bits per heavy atom. The number of carbonyl (C=O) groups is 1. The Morgan fingerprint density at radius 3 is 2.50 bits per heavy atom. The van der Waals surface area contributed by atoms with E-state index < -0.39 is 35.4 Å². The molecule has 0 radical (unpaired) electrons. The Bertz CT molecular complexity index is 1340. The van der Waals surface area contributed by atoms with E-state index in [2.05, 4.69) is 24.3 Å².